The van der Waals surface area contributed by atoms with E-state index in [-0.39, 0.29) is 0 Å². The van der Waals surface area contributed by atoms with Crippen molar-refractivity contribution in [3.63, 3.8) is 0 Å². The SMILES string of the molecule is C=C/C=C\C=C(/C=C)CNC1CCN(c2nc(N)ncc2C)CC1. The van der Waals surface area contributed by atoms with Crippen LogP contribution in [0.1, 0.15) is 18.4 Å². The second-order valence-corrected chi connectivity index (χ2v) is 5.94. The molecule has 24 heavy (non-hydrogen) atoms. The van der Waals surface area contributed by atoms with Crippen LogP contribution in [0.25, 0.3) is 0 Å². The molecule has 0 aromatic carbocycles. The smallest absolute Gasteiger partial charge is 0.221 e. The van der Waals surface area contributed by atoms with E-state index in [4.69, 9.17) is 5.73 Å². The highest BCUT2D eigenvalue weighted by Crippen LogP contribution is 2.21. The Kier molecular flexibility index (Phi) is 6.75. The molecule has 0 spiro atoms. The van der Waals surface area contributed by atoms with E-state index in [1.165, 1.54) is 5.57 Å². The minimum Gasteiger partial charge on any atom is -0.368 e. The minimum atomic E-state index is 0.337. The summed E-state index contributed by atoms with van der Waals surface area (Å²) in [5.41, 5.74) is 7.97. The van der Waals surface area contributed by atoms with Crippen LogP contribution in [0, 0.1) is 6.92 Å². The number of hydrogen-bond donors (Lipinski definition) is 2. The van der Waals surface area contributed by atoms with Crippen molar-refractivity contribution < 1.29 is 0 Å². The normalized spacial score (nSPS) is 16.5. The van der Waals surface area contributed by atoms with Crippen LogP contribution in [-0.2, 0) is 0 Å². The maximum Gasteiger partial charge on any atom is 0.221 e. The number of anilines is 2. The molecule has 5 heteroatoms. The summed E-state index contributed by atoms with van der Waals surface area (Å²) < 4.78 is 0. The van der Waals surface area contributed by atoms with Crippen molar-refractivity contribution in [2.75, 3.05) is 30.3 Å². The first kappa shape index (κ1) is 17.9. The third-order valence-electron chi connectivity index (χ3n) is 4.17. The van der Waals surface area contributed by atoms with E-state index in [9.17, 15) is 0 Å². The van der Waals surface area contributed by atoms with Crippen molar-refractivity contribution >= 4 is 11.8 Å². The first-order valence-corrected chi connectivity index (χ1v) is 8.32. The van der Waals surface area contributed by atoms with Crippen molar-refractivity contribution in [3.05, 3.63) is 60.9 Å². The first-order valence-electron chi connectivity index (χ1n) is 8.32. The molecule has 0 aliphatic carbocycles. The number of rotatable bonds is 7. The standard InChI is InChI=1S/C19H27N5/c1-4-6-7-8-16(5-2)14-21-17-9-11-24(12-10-17)18-15(3)13-22-19(20)23-18/h4-8,13,17,21H,1-2,9-12,14H2,3H3,(H2,20,22,23)/b7-6-,16-8+. The molecule has 1 aromatic rings. The summed E-state index contributed by atoms with van der Waals surface area (Å²) in [6.07, 6.45) is 13.6. The molecule has 1 aromatic heterocycles. The molecule has 1 aliphatic rings. The zero-order valence-corrected chi connectivity index (χ0v) is 14.4. The summed E-state index contributed by atoms with van der Waals surface area (Å²) in [5.74, 6) is 1.30. The quantitative estimate of drug-likeness (QED) is 0.755. The van der Waals surface area contributed by atoms with Gasteiger partial charge in [0.15, 0.2) is 0 Å². The van der Waals surface area contributed by atoms with Gasteiger partial charge in [0.1, 0.15) is 5.82 Å². The lowest BCUT2D eigenvalue weighted by atomic mass is 10.0. The molecule has 0 saturated carbocycles. The largest absolute Gasteiger partial charge is 0.368 e. The fraction of sp³-hybridized carbons (Fsp3) is 0.368. The lowest BCUT2D eigenvalue weighted by Crippen LogP contribution is -2.43. The van der Waals surface area contributed by atoms with E-state index in [0.29, 0.717) is 12.0 Å². The zero-order chi connectivity index (χ0) is 17.4. The Morgan fingerprint density at radius 2 is 2.12 bits per heavy atom. The number of aryl methyl sites for hydroxylation is 1. The second kappa shape index (κ2) is 9.03. The lowest BCUT2D eigenvalue weighted by molar-refractivity contribution is 0.426. The molecule has 3 N–H and O–H groups in total. The van der Waals surface area contributed by atoms with Crippen LogP contribution in [0.5, 0.6) is 0 Å². The number of nitrogens with zero attached hydrogens (tertiary/aromatic N) is 3. The second-order valence-electron chi connectivity index (χ2n) is 5.94. The van der Waals surface area contributed by atoms with Crippen molar-refractivity contribution in [3.8, 4) is 0 Å². The van der Waals surface area contributed by atoms with E-state index in [2.05, 4.69) is 39.4 Å². The molecule has 0 amide bonds. The van der Waals surface area contributed by atoms with Crippen LogP contribution in [0.2, 0.25) is 0 Å². The van der Waals surface area contributed by atoms with Gasteiger partial charge in [-0.3, -0.25) is 0 Å². The average molecular weight is 325 g/mol. The van der Waals surface area contributed by atoms with Gasteiger partial charge in [-0.1, -0.05) is 43.5 Å². The van der Waals surface area contributed by atoms with Crippen molar-refractivity contribution in [1.29, 1.82) is 0 Å². The molecule has 0 unspecified atom stereocenters. The molecule has 1 fully saturated rings. The maximum absolute atomic E-state index is 5.72. The third kappa shape index (κ3) is 5.06. The highest BCUT2D eigenvalue weighted by molar-refractivity contribution is 5.48. The van der Waals surface area contributed by atoms with E-state index in [0.717, 1.165) is 43.9 Å². The van der Waals surface area contributed by atoms with Crippen molar-refractivity contribution in [2.45, 2.75) is 25.8 Å². The average Bonchev–Trinajstić information content (AvgIpc) is 2.60. The number of allylic oxidation sites excluding steroid dienone is 4. The van der Waals surface area contributed by atoms with Crippen LogP contribution < -0.4 is 16.0 Å². The van der Waals surface area contributed by atoms with Gasteiger partial charge in [-0.2, -0.15) is 4.98 Å². The first-order chi connectivity index (χ1) is 11.6. The Balaban J connectivity index is 1.85. The van der Waals surface area contributed by atoms with Gasteiger partial charge in [-0.15, -0.1) is 0 Å². The van der Waals surface area contributed by atoms with Gasteiger partial charge in [-0.25, -0.2) is 4.98 Å². The molecule has 0 radical (unpaired) electrons. The summed E-state index contributed by atoms with van der Waals surface area (Å²) in [6, 6.07) is 0.507. The zero-order valence-electron chi connectivity index (χ0n) is 14.4. The molecule has 1 saturated heterocycles. The molecule has 0 atom stereocenters. The van der Waals surface area contributed by atoms with Gasteiger partial charge >= 0.3 is 0 Å². The van der Waals surface area contributed by atoms with Crippen molar-refractivity contribution in [1.82, 2.24) is 15.3 Å². The summed E-state index contributed by atoms with van der Waals surface area (Å²) in [7, 11) is 0. The van der Waals surface area contributed by atoms with E-state index >= 15 is 0 Å². The lowest BCUT2D eigenvalue weighted by Gasteiger charge is -2.34. The number of hydrogen-bond acceptors (Lipinski definition) is 5. The topological polar surface area (TPSA) is 67.1 Å². The van der Waals surface area contributed by atoms with Gasteiger partial charge in [-0.05, 0) is 25.3 Å². The van der Waals surface area contributed by atoms with Crippen molar-refractivity contribution in [2.24, 2.45) is 0 Å². The van der Waals surface area contributed by atoms with Gasteiger partial charge in [0.25, 0.3) is 0 Å². The molecule has 2 heterocycles. The van der Waals surface area contributed by atoms with Gasteiger partial charge < -0.3 is 16.0 Å². The van der Waals surface area contributed by atoms with Gasteiger partial charge in [0.05, 0.1) is 0 Å². The minimum absolute atomic E-state index is 0.337. The van der Waals surface area contributed by atoms with Crippen LogP contribution in [0.4, 0.5) is 11.8 Å². The Hall–Kier alpha value is -2.40. The highest BCUT2D eigenvalue weighted by Gasteiger charge is 2.21. The Bertz CT molecular complexity index is 625. The molecule has 0 bridgehead atoms. The molecule has 2 rings (SSSR count). The van der Waals surface area contributed by atoms with E-state index < -0.39 is 0 Å². The van der Waals surface area contributed by atoms with E-state index in [1.807, 2.05) is 25.2 Å². The number of aromatic nitrogens is 2. The summed E-state index contributed by atoms with van der Waals surface area (Å²) in [4.78, 5) is 10.7. The Morgan fingerprint density at radius 1 is 1.38 bits per heavy atom. The monoisotopic (exact) mass is 325 g/mol. The molecule has 1 aliphatic heterocycles. The van der Waals surface area contributed by atoms with Crippen LogP contribution in [0.3, 0.4) is 0 Å². The van der Waals surface area contributed by atoms with E-state index in [1.54, 1.807) is 12.3 Å². The maximum atomic E-state index is 5.72. The fourth-order valence-electron chi connectivity index (χ4n) is 2.78. The fourth-order valence-corrected chi connectivity index (χ4v) is 2.78. The molecule has 128 valence electrons. The molecule has 5 nitrogen and oxygen atoms in total. The Labute approximate surface area is 144 Å². The molecular formula is C19H27N5. The van der Waals surface area contributed by atoms with Crippen LogP contribution in [0.15, 0.2) is 55.3 Å². The number of nitrogen functional groups attached to an aromatic ring is 1. The van der Waals surface area contributed by atoms with Crippen LogP contribution >= 0.6 is 0 Å². The predicted molar refractivity (Wildman–Crippen MR) is 102 cm³/mol. The Morgan fingerprint density at radius 3 is 2.79 bits per heavy atom. The number of nitrogens with one attached hydrogen (secondary N) is 1. The van der Waals surface area contributed by atoms with Gasteiger partial charge in [0.2, 0.25) is 5.95 Å². The summed E-state index contributed by atoms with van der Waals surface area (Å²) in [5, 5.41) is 3.61. The highest BCUT2D eigenvalue weighted by atomic mass is 15.2. The van der Waals surface area contributed by atoms with Gasteiger partial charge in [0, 0.05) is 37.4 Å². The number of piperidine rings is 1. The molecular weight excluding hydrogens is 298 g/mol. The summed E-state index contributed by atoms with van der Waals surface area (Å²) >= 11 is 0. The number of nitrogens with two attached hydrogens (primary N) is 1. The summed E-state index contributed by atoms with van der Waals surface area (Å²) in [6.45, 7) is 12.3. The van der Waals surface area contributed by atoms with Crippen LogP contribution in [-0.4, -0.2) is 35.6 Å². The predicted octanol–water partition coefficient (Wildman–Crippen LogP) is 2.78. The third-order valence-corrected chi connectivity index (χ3v) is 4.17.